The maximum Gasteiger partial charge on any atom is 0.0555 e. The summed E-state index contributed by atoms with van der Waals surface area (Å²) in [4.78, 5) is 0. The Morgan fingerprint density at radius 3 is 2.06 bits per heavy atom. The summed E-state index contributed by atoms with van der Waals surface area (Å²) in [5.74, 6) is 9.81. The highest BCUT2D eigenvalue weighted by molar-refractivity contribution is 5.01. The molecule has 4 aliphatic carbocycles. The lowest BCUT2D eigenvalue weighted by Gasteiger charge is -2.52. The highest BCUT2D eigenvalue weighted by Crippen LogP contribution is 2.60. The smallest absolute Gasteiger partial charge is 0.0555 e. The fraction of sp³-hybridized carbons (Fsp3) is 1.00. The molecule has 8 atom stereocenters. The van der Waals surface area contributed by atoms with E-state index in [9.17, 15) is 0 Å². The quantitative estimate of drug-likeness (QED) is 0.305. The van der Waals surface area contributed by atoms with Gasteiger partial charge in [0.2, 0.25) is 0 Å². The average Bonchev–Trinajstić information content (AvgIpc) is 3.30. The Labute approximate surface area is 213 Å². The van der Waals surface area contributed by atoms with Crippen LogP contribution >= 0.6 is 0 Å². The predicted octanol–water partition coefficient (Wildman–Crippen LogP) is 7.27. The minimum Gasteiger partial charge on any atom is -0.395 e. The molecule has 4 rings (SSSR count). The largest absolute Gasteiger partial charge is 0.395 e. The van der Waals surface area contributed by atoms with Gasteiger partial charge in [-0.15, -0.1) is 0 Å². The second-order valence-corrected chi connectivity index (χ2v) is 12.3. The Hall–Kier alpha value is -0.120. The highest BCUT2D eigenvalue weighted by Gasteiger charge is 2.51. The number of rotatable bonds is 9. The van der Waals surface area contributed by atoms with E-state index in [0.717, 1.165) is 59.8 Å². The van der Waals surface area contributed by atoms with Gasteiger partial charge in [-0.2, -0.15) is 0 Å². The summed E-state index contributed by atoms with van der Waals surface area (Å²) in [6.07, 6.45) is 20.3. The number of aliphatic hydroxyl groups excluding tert-OH is 1. The van der Waals surface area contributed by atoms with Gasteiger partial charge in [0.1, 0.15) is 0 Å². The maximum atomic E-state index is 8.19. The fourth-order valence-electron chi connectivity index (χ4n) is 8.61. The molecule has 0 saturated heterocycles. The predicted molar refractivity (Wildman–Crippen MR) is 149 cm³/mol. The van der Waals surface area contributed by atoms with Gasteiger partial charge >= 0.3 is 0 Å². The van der Waals surface area contributed by atoms with Crippen LogP contribution < -0.4 is 11.1 Å². The number of aliphatic hydroxyl groups is 1. The molecule has 0 aromatic rings. The second-order valence-electron chi connectivity index (χ2n) is 12.3. The molecule has 0 aromatic carbocycles. The molecule has 202 valence electrons. The molecular formula is C31H62N2O. The van der Waals surface area contributed by atoms with Crippen molar-refractivity contribution in [3.63, 3.8) is 0 Å². The van der Waals surface area contributed by atoms with Crippen molar-refractivity contribution in [1.82, 2.24) is 5.32 Å². The van der Waals surface area contributed by atoms with Crippen molar-refractivity contribution in [2.24, 2.45) is 59.0 Å². The number of nitrogens with one attached hydrogen (secondary N) is 1. The lowest BCUT2D eigenvalue weighted by molar-refractivity contribution is -0.0281. The van der Waals surface area contributed by atoms with E-state index in [0.29, 0.717) is 13.1 Å². The van der Waals surface area contributed by atoms with Crippen molar-refractivity contribution >= 4 is 0 Å². The van der Waals surface area contributed by atoms with Gasteiger partial charge < -0.3 is 16.2 Å². The number of fused-ring (bicyclic) bond motifs is 5. The Balaban J connectivity index is 0.000000393. The van der Waals surface area contributed by atoms with Crippen LogP contribution in [0.25, 0.3) is 0 Å². The zero-order valence-electron chi connectivity index (χ0n) is 23.7. The van der Waals surface area contributed by atoms with E-state index in [2.05, 4.69) is 26.1 Å². The minimum atomic E-state index is 0.194. The molecule has 0 radical (unpaired) electrons. The van der Waals surface area contributed by atoms with Gasteiger partial charge in [0.15, 0.2) is 0 Å². The van der Waals surface area contributed by atoms with Gasteiger partial charge in [0.05, 0.1) is 6.61 Å². The van der Waals surface area contributed by atoms with E-state index in [1.807, 2.05) is 13.8 Å². The van der Waals surface area contributed by atoms with Crippen molar-refractivity contribution in [3.8, 4) is 0 Å². The molecule has 0 heterocycles. The summed E-state index contributed by atoms with van der Waals surface area (Å²) in [5, 5.41) is 11.1. The number of hydrogen-bond donors (Lipinski definition) is 3. The van der Waals surface area contributed by atoms with Crippen LogP contribution in [0.3, 0.4) is 0 Å². The van der Waals surface area contributed by atoms with E-state index >= 15 is 0 Å². The molecule has 4 fully saturated rings. The molecule has 8 unspecified atom stereocenters. The molecule has 0 aliphatic heterocycles. The summed E-state index contributed by atoms with van der Waals surface area (Å²) in [5.41, 5.74) is 5.13. The Bertz CT molecular complexity index is 506. The third-order valence-corrected chi connectivity index (χ3v) is 10.0. The van der Waals surface area contributed by atoms with Crippen molar-refractivity contribution in [2.75, 3.05) is 26.2 Å². The molecule has 3 heteroatoms. The lowest BCUT2D eigenvalue weighted by atomic mass is 9.53. The third kappa shape index (κ3) is 8.48. The molecule has 4 saturated carbocycles. The Kier molecular flexibility index (Phi) is 14.7. The standard InChI is InChI=1S/C25H44.C4H12N2O.C2H6/c1-17(2)7-6-8-18(3)20-13-14-25-22(20)15-16-23-21-10-5-4-9-19(21)11-12-24(23)25;5-1-2-6-3-4-7;1-2/h17-25H,4-16H2,1-3H3;6-7H,1-5H2;1-2H3. The van der Waals surface area contributed by atoms with Crippen molar-refractivity contribution in [1.29, 1.82) is 0 Å². The van der Waals surface area contributed by atoms with Gasteiger partial charge in [-0.3, -0.25) is 0 Å². The molecule has 0 amide bonds. The summed E-state index contributed by atoms with van der Waals surface area (Å²) >= 11 is 0. The summed E-state index contributed by atoms with van der Waals surface area (Å²) in [6, 6.07) is 0. The van der Waals surface area contributed by atoms with Crippen LogP contribution in [-0.2, 0) is 0 Å². The third-order valence-electron chi connectivity index (χ3n) is 10.0. The van der Waals surface area contributed by atoms with Gasteiger partial charge in [-0.05, 0) is 98.2 Å². The Morgan fingerprint density at radius 1 is 0.735 bits per heavy atom. The van der Waals surface area contributed by atoms with E-state index in [1.165, 1.54) is 19.3 Å². The van der Waals surface area contributed by atoms with Crippen molar-refractivity contribution in [2.45, 2.75) is 118 Å². The van der Waals surface area contributed by atoms with E-state index in [-0.39, 0.29) is 6.61 Å². The first kappa shape index (κ1) is 30.1. The first-order valence-electron chi connectivity index (χ1n) is 15.6. The zero-order chi connectivity index (χ0) is 24.9. The SMILES string of the molecule is CC.CC(C)CCCC(C)C1CCC2C1CCC1C3CCCCC3CCC12.NCCNCCO. The molecule has 0 bridgehead atoms. The summed E-state index contributed by atoms with van der Waals surface area (Å²) in [6.45, 7) is 13.7. The van der Waals surface area contributed by atoms with Crippen LogP contribution in [0.4, 0.5) is 0 Å². The van der Waals surface area contributed by atoms with E-state index in [4.69, 9.17) is 10.8 Å². The first-order valence-corrected chi connectivity index (χ1v) is 15.6. The van der Waals surface area contributed by atoms with Gasteiger partial charge in [-0.1, -0.05) is 73.1 Å². The van der Waals surface area contributed by atoms with Crippen molar-refractivity contribution < 1.29 is 5.11 Å². The fourth-order valence-corrected chi connectivity index (χ4v) is 8.61. The van der Waals surface area contributed by atoms with Gasteiger partial charge in [0.25, 0.3) is 0 Å². The molecule has 4 N–H and O–H groups in total. The topological polar surface area (TPSA) is 58.3 Å². The van der Waals surface area contributed by atoms with Crippen LogP contribution in [0.1, 0.15) is 118 Å². The van der Waals surface area contributed by atoms with Crippen LogP contribution in [0, 0.1) is 53.3 Å². The molecule has 0 aromatic heterocycles. The average molecular weight is 479 g/mol. The van der Waals surface area contributed by atoms with Crippen molar-refractivity contribution in [3.05, 3.63) is 0 Å². The lowest BCUT2D eigenvalue weighted by Crippen LogP contribution is -2.44. The van der Waals surface area contributed by atoms with E-state index < -0.39 is 0 Å². The second kappa shape index (κ2) is 16.6. The van der Waals surface area contributed by atoms with Crippen LogP contribution in [0.15, 0.2) is 0 Å². The molecule has 0 spiro atoms. The maximum absolute atomic E-state index is 8.19. The molecular weight excluding hydrogens is 416 g/mol. The Morgan fingerprint density at radius 2 is 1.35 bits per heavy atom. The zero-order valence-corrected chi connectivity index (χ0v) is 23.7. The minimum absolute atomic E-state index is 0.194. The number of nitrogens with two attached hydrogens (primary N) is 1. The van der Waals surface area contributed by atoms with Crippen LogP contribution in [-0.4, -0.2) is 31.3 Å². The summed E-state index contributed by atoms with van der Waals surface area (Å²) in [7, 11) is 0. The first-order chi connectivity index (χ1) is 16.6. The van der Waals surface area contributed by atoms with Gasteiger partial charge in [-0.25, -0.2) is 0 Å². The van der Waals surface area contributed by atoms with E-state index in [1.54, 1.807) is 64.2 Å². The monoisotopic (exact) mass is 478 g/mol. The molecule has 34 heavy (non-hydrogen) atoms. The highest BCUT2D eigenvalue weighted by atomic mass is 16.3. The number of hydrogen-bond acceptors (Lipinski definition) is 3. The van der Waals surface area contributed by atoms with Gasteiger partial charge in [0, 0.05) is 19.6 Å². The normalized spacial score (nSPS) is 35.1. The van der Waals surface area contributed by atoms with Crippen LogP contribution in [0.2, 0.25) is 0 Å². The molecule has 4 aliphatic rings. The van der Waals surface area contributed by atoms with Crippen LogP contribution in [0.5, 0.6) is 0 Å². The molecule has 3 nitrogen and oxygen atoms in total. The summed E-state index contributed by atoms with van der Waals surface area (Å²) < 4.78 is 0.